The van der Waals surface area contributed by atoms with Gasteiger partial charge in [0.05, 0.1) is 11.6 Å². The summed E-state index contributed by atoms with van der Waals surface area (Å²) in [7, 11) is 1.90. The van der Waals surface area contributed by atoms with Crippen LogP contribution in [0.5, 0.6) is 0 Å². The van der Waals surface area contributed by atoms with Crippen molar-refractivity contribution in [2.75, 3.05) is 6.54 Å². The first-order chi connectivity index (χ1) is 10.1. The molecule has 21 heavy (non-hydrogen) atoms. The van der Waals surface area contributed by atoms with E-state index in [0.29, 0.717) is 13.1 Å². The molecule has 0 spiro atoms. The highest BCUT2D eigenvalue weighted by Crippen LogP contribution is 2.15. The number of nitrogens with two attached hydrogens (primary N) is 1. The Hall–Kier alpha value is -2.34. The molecule has 0 fully saturated rings. The first-order valence-electron chi connectivity index (χ1n) is 6.84. The van der Waals surface area contributed by atoms with E-state index >= 15 is 0 Å². The van der Waals surface area contributed by atoms with Crippen molar-refractivity contribution >= 4 is 5.84 Å². The Morgan fingerprint density at radius 2 is 2.14 bits per heavy atom. The fourth-order valence-electron chi connectivity index (χ4n) is 2.32. The molecule has 6 heteroatoms. The maximum absolute atomic E-state index is 8.95. The summed E-state index contributed by atoms with van der Waals surface area (Å²) in [6, 6.07) is 9.77. The van der Waals surface area contributed by atoms with E-state index in [-0.39, 0.29) is 11.8 Å². The van der Waals surface area contributed by atoms with Gasteiger partial charge in [0.25, 0.3) is 0 Å². The number of aromatic nitrogens is 2. The third kappa shape index (κ3) is 3.82. The fraction of sp³-hybridized carbons (Fsp3) is 0.333. The van der Waals surface area contributed by atoms with Crippen LogP contribution in [0, 0.1) is 6.92 Å². The summed E-state index contributed by atoms with van der Waals surface area (Å²) in [4.78, 5) is 0. The quantitative estimate of drug-likeness (QED) is 0.324. The Balaban J connectivity index is 2.02. The first kappa shape index (κ1) is 15.1. The summed E-state index contributed by atoms with van der Waals surface area (Å²) in [6.07, 6.45) is 1.99. The van der Waals surface area contributed by atoms with E-state index in [1.165, 1.54) is 0 Å². The van der Waals surface area contributed by atoms with Gasteiger partial charge in [-0.3, -0.25) is 4.68 Å². The van der Waals surface area contributed by atoms with E-state index in [2.05, 4.69) is 15.6 Å². The summed E-state index contributed by atoms with van der Waals surface area (Å²) in [5, 5.41) is 19.8. The molecule has 0 aliphatic heterocycles. The molecule has 0 amide bonds. The van der Waals surface area contributed by atoms with Gasteiger partial charge in [0, 0.05) is 31.9 Å². The molecule has 0 saturated carbocycles. The lowest BCUT2D eigenvalue weighted by Gasteiger charge is -2.16. The van der Waals surface area contributed by atoms with Gasteiger partial charge in [0.2, 0.25) is 0 Å². The third-order valence-corrected chi connectivity index (χ3v) is 3.45. The minimum atomic E-state index is -0.159. The molecule has 1 unspecified atom stereocenters. The molecule has 2 rings (SSSR count). The summed E-state index contributed by atoms with van der Waals surface area (Å²) < 4.78 is 1.80. The van der Waals surface area contributed by atoms with Crippen molar-refractivity contribution in [3.63, 3.8) is 0 Å². The number of rotatable bonds is 6. The normalized spacial score (nSPS) is 13.3. The van der Waals surface area contributed by atoms with Crippen LogP contribution in [0.25, 0.3) is 0 Å². The number of nitrogens with one attached hydrogen (secondary N) is 1. The number of aryl methyl sites for hydroxylation is 2. The summed E-state index contributed by atoms with van der Waals surface area (Å²) in [6.45, 7) is 3.27. The second-order valence-corrected chi connectivity index (χ2v) is 5.03. The highest BCUT2D eigenvalue weighted by atomic mass is 16.4. The van der Waals surface area contributed by atoms with Crippen LogP contribution in [0.15, 0.2) is 41.7 Å². The molecule has 0 bridgehead atoms. The number of amidine groups is 1. The Bertz CT molecular complexity index is 606. The van der Waals surface area contributed by atoms with E-state index in [4.69, 9.17) is 10.9 Å². The molecule has 112 valence electrons. The minimum Gasteiger partial charge on any atom is -0.409 e. The first-order valence-corrected chi connectivity index (χ1v) is 6.84. The average molecular weight is 287 g/mol. The molecule has 2 aromatic rings. The molecule has 0 aliphatic rings. The Morgan fingerprint density at radius 3 is 2.71 bits per heavy atom. The molecule has 1 aromatic carbocycles. The lowest BCUT2D eigenvalue weighted by molar-refractivity contribution is 0.315. The topological polar surface area (TPSA) is 88.5 Å². The smallest absolute Gasteiger partial charge is 0.147 e. The van der Waals surface area contributed by atoms with E-state index < -0.39 is 0 Å². The lowest BCUT2D eigenvalue weighted by atomic mass is 9.98. The largest absolute Gasteiger partial charge is 0.409 e. The molecule has 0 saturated heterocycles. The number of benzene rings is 1. The van der Waals surface area contributed by atoms with Gasteiger partial charge in [-0.25, -0.2) is 0 Å². The Labute approximate surface area is 124 Å². The standard InChI is InChI=1S/C15H21N5O/c1-11-13(10-20(2)18-11)8-17-9-14(15(16)19-21)12-6-4-3-5-7-12/h3-7,10,14,17,21H,8-9H2,1-2H3,(H2,16,19). The molecular formula is C15H21N5O. The van der Waals surface area contributed by atoms with Crippen molar-refractivity contribution < 1.29 is 5.21 Å². The van der Waals surface area contributed by atoms with Gasteiger partial charge in [-0.2, -0.15) is 5.10 Å². The number of hydrogen-bond acceptors (Lipinski definition) is 4. The van der Waals surface area contributed by atoms with E-state index in [1.807, 2.05) is 50.5 Å². The average Bonchev–Trinajstić information content (AvgIpc) is 2.82. The molecule has 1 heterocycles. The summed E-state index contributed by atoms with van der Waals surface area (Å²) in [5.74, 6) is 0.0461. The van der Waals surface area contributed by atoms with E-state index in [0.717, 1.165) is 16.8 Å². The molecule has 1 aromatic heterocycles. The van der Waals surface area contributed by atoms with Gasteiger partial charge in [0.1, 0.15) is 5.84 Å². The van der Waals surface area contributed by atoms with Crippen LogP contribution >= 0.6 is 0 Å². The third-order valence-electron chi connectivity index (χ3n) is 3.45. The fourth-order valence-corrected chi connectivity index (χ4v) is 2.32. The van der Waals surface area contributed by atoms with Gasteiger partial charge < -0.3 is 16.3 Å². The maximum atomic E-state index is 8.95. The zero-order valence-corrected chi connectivity index (χ0v) is 12.3. The van der Waals surface area contributed by atoms with Crippen molar-refractivity contribution in [3.8, 4) is 0 Å². The Morgan fingerprint density at radius 1 is 1.43 bits per heavy atom. The van der Waals surface area contributed by atoms with E-state index in [9.17, 15) is 0 Å². The van der Waals surface area contributed by atoms with Crippen molar-refractivity contribution in [1.29, 1.82) is 0 Å². The maximum Gasteiger partial charge on any atom is 0.147 e. The predicted molar refractivity (Wildman–Crippen MR) is 82.2 cm³/mol. The second kappa shape index (κ2) is 6.90. The van der Waals surface area contributed by atoms with Gasteiger partial charge in [-0.05, 0) is 12.5 Å². The number of hydrogen-bond donors (Lipinski definition) is 3. The van der Waals surface area contributed by atoms with Crippen LogP contribution in [-0.4, -0.2) is 27.4 Å². The van der Waals surface area contributed by atoms with Crippen LogP contribution in [0.3, 0.4) is 0 Å². The van der Waals surface area contributed by atoms with Crippen molar-refractivity contribution in [3.05, 3.63) is 53.3 Å². The van der Waals surface area contributed by atoms with Gasteiger partial charge >= 0.3 is 0 Å². The van der Waals surface area contributed by atoms with Crippen LogP contribution in [0.4, 0.5) is 0 Å². The monoisotopic (exact) mass is 287 g/mol. The highest BCUT2D eigenvalue weighted by Gasteiger charge is 2.16. The number of nitrogens with zero attached hydrogens (tertiary/aromatic N) is 3. The summed E-state index contributed by atoms with van der Waals surface area (Å²) in [5.41, 5.74) is 8.97. The van der Waals surface area contributed by atoms with Gasteiger partial charge in [0.15, 0.2) is 0 Å². The van der Waals surface area contributed by atoms with Crippen molar-refractivity contribution in [2.45, 2.75) is 19.4 Å². The van der Waals surface area contributed by atoms with Crippen LogP contribution < -0.4 is 11.1 Å². The summed E-state index contributed by atoms with van der Waals surface area (Å²) >= 11 is 0. The van der Waals surface area contributed by atoms with E-state index in [1.54, 1.807) is 4.68 Å². The zero-order chi connectivity index (χ0) is 15.2. The van der Waals surface area contributed by atoms with Gasteiger partial charge in [-0.15, -0.1) is 0 Å². The predicted octanol–water partition coefficient (Wildman–Crippen LogP) is 1.35. The Kier molecular flexibility index (Phi) is 4.94. The van der Waals surface area contributed by atoms with Crippen LogP contribution in [0.1, 0.15) is 22.7 Å². The molecular weight excluding hydrogens is 266 g/mol. The molecule has 1 atom stereocenters. The van der Waals surface area contributed by atoms with Crippen molar-refractivity contribution in [2.24, 2.45) is 17.9 Å². The lowest BCUT2D eigenvalue weighted by Crippen LogP contribution is -2.31. The zero-order valence-electron chi connectivity index (χ0n) is 12.3. The number of oxime groups is 1. The second-order valence-electron chi connectivity index (χ2n) is 5.03. The molecule has 4 N–H and O–H groups in total. The molecule has 0 radical (unpaired) electrons. The van der Waals surface area contributed by atoms with Gasteiger partial charge in [-0.1, -0.05) is 35.5 Å². The minimum absolute atomic E-state index is 0.159. The van der Waals surface area contributed by atoms with Crippen LogP contribution in [0.2, 0.25) is 0 Å². The molecule has 0 aliphatic carbocycles. The molecule has 6 nitrogen and oxygen atoms in total. The highest BCUT2D eigenvalue weighted by molar-refractivity contribution is 5.87. The SMILES string of the molecule is Cc1nn(C)cc1CNCC(/C(N)=N/O)c1ccccc1. The van der Waals surface area contributed by atoms with Crippen molar-refractivity contribution in [1.82, 2.24) is 15.1 Å². The van der Waals surface area contributed by atoms with Crippen LogP contribution in [-0.2, 0) is 13.6 Å².